The highest BCUT2D eigenvalue weighted by molar-refractivity contribution is 5.39. The lowest BCUT2D eigenvalue weighted by Crippen LogP contribution is -2.36. The Morgan fingerprint density at radius 1 is 1.26 bits per heavy atom. The molecule has 0 radical (unpaired) electrons. The van der Waals surface area contributed by atoms with Crippen molar-refractivity contribution in [2.45, 2.75) is 24.9 Å². The van der Waals surface area contributed by atoms with Crippen LogP contribution in [0, 0.1) is 28.8 Å². The van der Waals surface area contributed by atoms with Crippen LogP contribution in [0.1, 0.15) is 35.2 Å². The number of aromatic nitrogens is 3. The van der Waals surface area contributed by atoms with Gasteiger partial charge in [-0.05, 0) is 11.6 Å². The van der Waals surface area contributed by atoms with Crippen molar-refractivity contribution in [2.75, 3.05) is 0 Å². The molecule has 138 valence electrons. The van der Waals surface area contributed by atoms with Crippen LogP contribution >= 0.6 is 0 Å². The first-order valence-corrected chi connectivity index (χ1v) is 8.06. The Morgan fingerprint density at radius 2 is 2.04 bits per heavy atom. The van der Waals surface area contributed by atoms with Gasteiger partial charge in [-0.15, -0.1) is 0 Å². The molecule has 8 heteroatoms. The van der Waals surface area contributed by atoms with Crippen LogP contribution in [0.3, 0.4) is 0 Å². The van der Waals surface area contributed by atoms with Gasteiger partial charge in [-0.25, -0.2) is 23.1 Å². The second-order valence-corrected chi connectivity index (χ2v) is 6.21. The topological polar surface area (TPSA) is 85.6 Å². The van der Waals surface area contributed by atoms with Gasteiger partial charge in [-0.2, -0.15) is 5.26 Å². The fourth-order valence-electron chi connectivity index (χ4n) is 3.13. The number of hydrogen-bond acceptors (Lipinski definition) is 4. The van der Waals surface area contributed by atoms with Crippen molar-refractivity contribution < 1.29 is 18.3 Å². The molecule has 0 bridgehead atoms. The quantitative estimate of drug-likeness (QED) is 0.719. The molecule has 0 amide bonds. The number of nitrogens with one attached hydrogen (secondary N) is 1. The molecular weight excluding hydrogens is 357 g/mol. The second kappa shape index (κ2) is 7.21. The van der Waals surface area contributed by atoms with Crippen LogP contribution in [-0.2, 0) is 12.0 Å². The smallest absolute Gasteiger partial charge is 0.163 e. The highest BCUT2D eigenvalue weighted by Gasteiger charge is 2.41. The number of hydrogen-bond donors (Lipinski definition) is 2. The third kappa shape index (κ3) is 3.41. The molecule has 2 heterocycles. The first-order valence-electron chi connectivity index (χ1n) is 8.06. The molecule has 0 aliphatic heterocycles. The zero-order valence-corrected chi connectivity index (χ0v) is 14.2. The van der Waals surface area contributed by atoms with Gasteiger partial charge in [0.2, 0.25) is 0 Å². The van der Waals surface area contributed by atoms with Gasteiger partial charge in [0.05, 0.1) is 17.5 Å². The van der Waals surface area contributed by atoms with Gasteiger partial charge in [0.15, 0.2) is 5.82 Å². The SMILES string of the molecule is C[C@@H](c1ncncc1F)[C@](O)(Cc1c[nH]cc1C#N)c1ccc(F)cc1F. The first-order chi connectivity index (χ1) is 12.9. The molecule has 0 saturated carbocycles. The summed E-state index contributed by atoms with van der Waals surface area (Å²) < 4.78 is 42.1. The summed E-state index contributed by atoms with van der Waals surface area (Å²) in [6, 6.07) is 4.73. The maximum absolute atomic E-state index is 14.5. The van der Waals surface area contributed by atoms with Gasteiger partial charge in [0.25, 0.3) is 0 Å². The number of aliphatic hydroxyl groups is 1. The molecule has 0 unspecified atom stereocenters. The van der Waals surface area contributed by atoms with Gasteiger partial charge < -0.3 is 10.1 Å². The number of nitrogens with zero attached hydrogens (tertiary/aromatic N) is 3. The van der Waals surface area contributed by atoms with Gasteiger partial charge in [-0.1, -0.05) is 13.0 Å². The second-order valence-electron chi connectivity index (χ2n) is 6.21. The Bertz CT molecular complexity index is 1010. The Balaban J connectivity index is 2.16. The van der Waals surface area contributed by atoms with Crippen molar-refractivity contribution in [2.24, 2.45) is 0 Å². The van der Waals surface area contributed by atoms with Crippen LogP contribution in [0.25, 0.3) is 0 Å². The molecule has 2 N–H and O–H groups in total. The fraction of sp³-hybridized carbons (Fsp3) is 0.211. The molecule has 2 aromatic heterocycles. The predicted octanol–water partition coefficient (Wildman–Crippen LogP) is 3.33. The summed E-state index contributed by atoms with van der Waals surface area (Å²) in [4.78, 5) is 10.2. The van der Waals surface area contributed by atoms with Crippen molar-refractivity contribution >= 4 is 0 Å². The molecule has 3 rings (SSSR count). The van der Waals surface area contributed by atoms with Crippen LogP contribution in [0.4, 0.5) is 13.2 Å². The summed E-state index contributed by atoms with van der Waals surface area (Å²) in [6.07, 6.45) is 4.78. The molecular formula is C19H15F3N4O. The van der Waals surface area contributed by atoms with E-state index in [4.69, 9.17) is 0 Å². The molecule has 2 atom stereocenters. The summed E-state index contributed by atoms with van der Waals surface area (Å²) in [7, 11) is 0. The van der Waals surface area contributed by atoms with Gasteiger partial charge >= 0.3 is 0 Å². The molecule has 0 saturated heterocycles. The minimum atomic E-state index is -2.00. The molecule has 5 nitrogen and oxygen atoms in total. The van der Waals surface area contributed by atoms with Crippen LogP contribution in [0.2, 0.25) is 0 Å². The lowest BCUT2D eigenvalue weighted by Gasteiger charge is -2.35. The predicted molar refractivity (Wildman–Crippen MR) is 89.9 cm³/mol. The minimum absolute atomic E-state index is 0.120. The zero-order valence-electron chi connectivity index (χ0n) is 14.2. The average Bonchev–Trinajstić information content (AvgIpc) is 3.08. The van der Waals surface area contributed by atoms with E-state index >= 15 is 0 Å². The van der Waals surface area contributed by atoms with E-state index in [0.29, 0.717) is 11.6 Å². The lowest BCUT2D eigenvalue weighted by molar-refractivity contribution is 0.00679. The highest BCUT2D eigenvalue weighted by atomic mass is 19.1. The van der Waals surface area contributed by atoms with E-state index in [1.165, 1.54) is 19.3 Å². The Labute approximate surface area is 153 Å². The van der Waals surface area contributed by atoms with Crippen LogP contribution < -0.4 is 0 Å². The molecule has 3 aromatic rings. The Morgan fingerprint density at radius 3 is 2.70 bits per heavy atom. The van der Waals surface area contributed by atoms with E-state index < -0.39 is 29.0 Å². The first kappa shape index (κ1) is 18.6. The summed E-state index contributed by atoms with van der Waals surface area (Å²) in [5.41, 5.74) is -1.68. The zero-order chi connectivity index (χ0) is 19.6. The van der Waals surface area contributed by atoms with Crippen LogP contribution in [0.5, 0.6) is 0 Å². The van der Waals surface area contributed by atoms with Crippen molar-refractivity contribution in [1.29, 1.82) is 5.26 Å². The van der Waals surface area contributed by atoms with E-state index in [1.54, 1.807) is 0 Å². The van der Waals surface area contributed by atoms with Crippen LogP contribution in [-0.4, -0.2) is 20.1 Å². The number of H-pyrrole nitrogens is 1. The van der Waals surface area contributed by atoms with Crippen molar-refractivity contribution in [1.82, 2.24) is 15.0 Å². The highest BCUT2D eigenvalue weighted by Crippen LogP contribution is 2.41. The minimum Gasteiger partial charge on any atom is -0.384 e. The van der Waals surface area contributed by atoms with Gasteiger partial charge in [0.1, 0.15) is 29.6 Å². The molecule has 27 heavy (non-hydrogen) atoms. The summed E-state index contributed by atoms with van der Waals surface area (Å²) >= 11 is 0. The Hall–Kier alpha value is -3.18. The van der Waals surface area contributed by atoms with Crippen molar-refractivity contribution in [3.8, 4) is 6.07 Å². The average molecular weight is 372 g/mol. The maximum Gasteiger partial charge on any atom is 0.163 e. The summed E-state index contributed by atoms with van der Waals surface area (Å²) in [5.74, 6) is -3.57. The van der Waals surface area contributed by atoms with E-state index in [0.717, 1.165) is 24.7 Å². The van der Waals surface area contributed by atoms with Gasteiger partial charge in [0, 0.05) is 36.4 Å². The largest absolute Gasteiger partial charge is 0.384 e. The normalized spacial score (nSPS) is 14.4. The third-order valence-electron chi connectivity index (χ3n) is 4.63. The number of halogens is 3. The summed E-state index contributed by atoms with van der Waals surface area (Å²) in [6.45, 7) is 1.48. The molecule has 1 aromatic carbocycles. The number of nitriles is 1. The number of rotatable bonds is 5. The van der Waals surface area contributed by atoms with Crippen LogP contribution in [0.15, 0.2) is 43.1 Å². The standard InChI is InChI=1S/C19H15F3N4O/c1-11(18-17(22)9-25-10-26-18)19(27,5-12-7-24-8-13(12)6-23)15-3-2-14(20)4-16(15)21/h2-4,7-11,24,27H,5H2,1H3/t11-,19+/m0/s1. The van der Waals surface area contributed by atoms with Crippen molar-refractivity contribution in [3.05, 3.63) is 83.0 Å². The van der Waals surface area contributed by atoms with Crippen molar-refractivity contribution in [3.63, 3.8) is 0 Å². The Kier molecular flexibility index (Phi) is 4.97. The molecule has 0 fully saturated rings. The van der Waals surface area contributed by atoms with E-state index in [1.807, 2.05) is 6.07 Å². The number of benzene rings is 1. The molecule has 0 aliphatic rings. The molecule has 0 spiro atoms. The monoisotopic (exact) mass is 372 g/mol. The summed E-state index contributed by atoms with van der Waals surface area (Å²) in [5, 5.41) is 20.7. The lowest BCUT2D eigenvalue weighted by atomic mass is 9.75. The third-order valence-corrected chi connectivity index (χ3v) is 4.63. The number of aromatic amines is 1. The maximum atomic E-state index is 14.5. The fourth-order valence-corrected chi connectivity index (χ4v) is 3.13. The van der Waals surface area contributed by atoms with Gasteiger partial charge in [-0.3, -0.25) is 0 Å². The van der Waals surface area contributed by atoms with E-state index in [-0.39, 0.29) is 23.2 Å². The van der Waals surface area contributed by atoms with E-state index in [2.05, 4.69) is 15.0 Å². The van der Waals surface area contributed by atoms with E-state index in [9.17, 15) is 23.5 Å². The molecule has 0 aliphatic carbocycles.